The zero-order valence-corrected chi connectivity index (χ0v) is 12.6. The number of aromatic nitrogens is 1. The predicted octanol–water partition coefficient (Wildman–Crippen LogP) is 2.38. The zero-order valence-electron chi connectivity index (χ0n) is 12.6. The summed E-state index contributed by atoms with van der Waals surface area (Å²) in [5.74, 6) is 0.248. The smallest absolute Gasteiger partial charge is 0.337 e. The molecule has 0 saturated heterocycles. The van der Waals surface area contributed by atoms with Gasteiger partial charge in [-0.2, -0.15) is 0 Å². The van der Waals surface area contributed by atoms with Gasteiger partial charge in [-0.25, -0.2) is 4.79 Å². The first kappa shape index (κ1) is 15.1. The van der Waals surface area contributed by atoms with Crippen molar-refractivity contribution in [2.75, 3.05) is 14.2 Å². The van der Waals surface area contributed by atoms with E-state index >= 15 is 0 Å². The number of rotatable bonds is 4. The van der Waals surface area contributed by atoms with E-state index in [9.17, 15) is 9.90 Å². The second kappa shape index (κ2) is 6.01. The molecule has 0 amide bonds. The van der Waals surface area contributed by atoms with Crippen molar-refractivity contribution in [3.8, 4) is 11.4 Å². The molecule has 1 N–H and O–H groups in total. The summed E-state index contributed by atoms with van der Waals surface area (Å²) in [6.07, 6.45) is 0. The van der Waals surface area contributed by atoms with Crippen LogP contribution < -0.4 is 4.74 Å². The van der Waals surface area contributed by atoms with Gasteiger partial charge in [0, 0.05) is 11.4 Å². The zero-order chi connectivity index (χ0) is 15.6. The third-order valence-electron chi connectivity index (χ3n) is 3.55. The van der Waals surface area contributed by atoms with Crippen molar-refractivity contribution in [1.29, 1.82) is 0 Å². The van der Waals surface area contributed by atoms with Crippen LogP contribution in [-0.2, 0) is 11.3 Å². The van der Waals surface area contributed by atoms with Gasteiger partial charge >= 0.3 is 5.97 Å². The van der Waals surface area contributed by atoms with Crippen LogP contribution in [0.2, 0.25) is 0 Å². The fourth-order valence-electron chi connectivity index (χ4n) is 2.47. The summed E-state index contributed by atoms with van der Waals surface area (Å²) in [5, 5.41) is 9.39. The Morgan fingerprint density at radius 2 is 1.95 bits per heavy atom. The molecule has 0 spiro atoms. The first-order valence-electron chi connectivity index (χ1n) is 6.58. The van der Waals surface area contributed by atoms with Crippen LogP contribution in [0.1, 0.15) is 27.3 Å². The molecule has 0 fully saturated rings. The third-order valence-corrected chi connectivity index (χ3v) is 3.55. The van der Waals surface area contributed by atoms with Crippen molar-refractivity contribution >= 4 is 5.97 Å². The van der Waals surface area contributed by atoms with E-state index in [2.05, 4.69) is 0 Å². The number of ether oxygens (including phenoxy) is 2. The van der Waals surface area contributed by atoms with Crippen LogP contribution in [-0.4, -0.2) is 29.9 Å². The van der Waals surface area contributed by atoms with Crippen LogP contribution >= 0.6 is 0 Å². The predicted molar refractivity (Wildman–Crippen MR) is 79.1 cm³/mol. The molecule has 0 bridgehead atoms. The Labute approximate surface area is 123 Å². The SMILES string of the molecule is COC(=O)c1ccc(OC)c(-n2c(C)cc(CO)c2C)c1. The minimum atomic E-state index is -0.399. The van der Waals surface area contributed by atoms with Gasteiger partial charge in [0.25, 0.3) is 0 Å². The monoisotopic (exact) mass is 289 g/mol. The molecule has 0 unspecified atom stereocenters. The Balaban J connectivity index is 2.66. The molecule has 0 aliphatic heterocycles. The number of aliphatic hydroxyl groups is 1. The van der Waals surface area contributed by atoms with Crippen molar-refractivity contribution in [1.82, 2.24) is 4.57 Å². The van der Waals surface area contributed by atoms with Crippen molar-refractivity contribution in [3.05, 3.63) is 46.8 Å². The summed E-state index contributed by atoms with van der Waals surface area (Å²) < 4.78 is 12.1. The summed E-state index contributed by atoms with van der Waals surface area (Å²) >= 11 is 0. The summed E-state index contributed by atoms with van der Waals surface area (Å²) in [5.41, 5.74) is 3.91. The third kappa shape index (κ3) is 2.64. The van der Waals surface area contributed by atoms with E-state index in [4.69, 9.17) is 9.47 Å². The molecule has 2 rings (SSSR count). The van der Waals surface area contributed by atoms with Crippen LogP contribution in [0, 0.1) is 13.8 Å². The number of aryl methyl sites for hydroxylation is 1. The molecule has 112 valence electrons. The van der Waals surface area contributed by atoms with E-state index in [0.717, 1.165) is 22.6 Å². The fourth-order valence-corrected chi connectivity index (χ4v) is 2.47. The highest BCUT2D eigenvalue weighted by Gasteiger charge is 2.16. The van der Waals surface area contributed by atoms with Crippen LogP contribution in [0.25, 0.3) is 5.69 Å². The van der Waals surface area contributed by atoms with Gasteiger partial charge in [-0.05, 0) is 43.7 Å². The first-order valence-corrected chi connectivity index (χ1v) is 6.58. The van der Waals surface area contributed by atoms with Gasteiger partial charge in [0.05, 0.1) is 32.1 Å². The number of carbonyl (C=O) groups excluding carboxylic acids is 1. The average Bonchev–Trinajstić information content (AvgIpc) is 2.79. The van der Waals surface area contributed by atoms with E-state index in [1.165, 1.54) is 7.11 Å². The summed E-state index contributed by atoms with van der Waals surface area (Å²) in [7, 11) is 2.93. The Kier molecular flexibility index (Phi) is 4.33. The van der Waals surface area contributed by atoms with Crippen LogP contribution in [0.15, 0.2) is 24.3 Å². The lowest BCUT2D eigenvalue weighted by Crippen LogP contribution is -2.07. The Bertz CT molecular complexity index is 673. The normalized spacial score (nSPS) is 10.5. The Morgan fingerprint density at radius 3 is 2.48 bits per heavy atom. The molecule has 2 aromatic rings. The molecular weight excluding hydrogens is 270 g/mol. The average molecular weight is 289 g/mol. The van der Waals surface area contributed by atoms with E-state index in [1.807, 2.05) is 24.5 Å². The maximum Gasteiger partial charge on any atom is 0.337 e. The number of hydrogen-bond acceptors (Lipinski definition) is 4. The summed E-state index contributed by atoms with van der Waals surface area (Å²) in [6.45, 7) is 3.83. The molecule has 21 heavy (non-hydrogen) atoms. The second-order valence-electron chi connectivity index (χ2n) is 4.77. The van der Waals surface area contributed by atoms with Crippen molar-refractivity contribution in [2.45, 2.75) is 20.5 Å². The van der Waals surface area contributed by atoms with Gasteiger partial charge in [0.1, 0.15) is 5.75 Å². The maximum atomic E-state index is 11.7. The lowest BCUT2D eigenvalue weighted by Gasteiger charge is -2.15. The standard InChI is InChI=1S/C16H19NO4/c1-10-7-13(9-18)11(2)17(10)14-8-12(16(19)21-4)5-6-15(14)20-3/h5-8,18H,9H2,1-4H3. The van der Waals surface area contributed by atoms with Gasteiger partial charge in [-0.3, -0.25) is 0 Å². The molecular formula is C16H19NO4. The number of aliphatic hydroxyl groups excluding tert-OH is 1. The van der Waals surface area contributed by atoms with Gasteiger partial charge < -0.3 is 19.1 Å². The number of methoxy groups -OCH3 is 2. The van der Waals surface area contributed by atoms with E-state index in [0.29, 0.717) is 11.3 Å². The molecule has 1 aromatic carbocycles. The molecule has 0 atom stereocenters. The number of esters is 1. The Hall–Kier alpha value is -2.27. The van der Waals surface area contributed by atoms with Gasteiger partial charge in [0.2, 0.25) is 0 Å². The van der Waals surface area contributed by atoms with Crippen LogP contribution in [0.3, 0.4) is 0 Å². The molecule has 1 heterocycles. The highest BCUT2D eigenvalue weighted by molar-refractivity contribution is 5.90. The lowest BCUT2D eigenvalue weighted by molar-refractivity contribution is 0.0600. The van der Waals surface area contributed by atoms with E-state index in [1.54, 1.807) is 25.3 Å². The van der Waals surface area contributed by atoms with Crippen LogP contribution in [0.4, 0.5) is 0 Å². The molecule has 0 saturated carbocycles. The molecule has 0 aliphatic carbocycles. The van der Waals surface area contributed by atoms with Crippen molar-refractivity contribution < 1.29 is 19.4 Å². The number of carbonyl (C=O) groups is 1. The maximum absolute atomic E-state index is 11.7. The number of benzene rings is 1. The first-order chi connectivity index (χ1) is 10.0. The number of nitrogens with zero attached hydrogens (tertiary/aromatic N) is 1. The summed E-state index contributed by atoms with van der Waals surface area (Å²) in [6, 6.07) is 7.04. The van der Waals surface area contributed by atoms with E-state index < -0.39 is 5.97 Å². The highest BCUT2D eigenvalue weighted by Crippen LogP contribution is 2.29. The molecule has 0 radical (unpaired) electrons. The lowest BCUT2D eigenvalue weighted by atomic mass is 10.1. The van der Waals surface area contributed by atoms with Gasteiger partial charge in [-0.1, -0.05) is 0 Å². The minimum Gasteiger partial charge on any atom is -0.495 e. The minimum absolute atomic E-state index is 0.0291. The molecule has 0 aliphatic rings. The van der Waals surface area contributed by atoms with Crippen molar-refractivity contribution in [3.63, 3.8) is 0 Å². The van der Waals surface area contributed by atoms with Gasteiger partial charge in [0.15, 0.2) is 0 Å². The topological polar surface area (TPSA) is 60.7 Å². The molecule has 5 nitrogen and oxygen atoms in total. The second-order valence-corrected chi connectivity index (χ2v) is 4.77. The van der Waals surface area contributed by atoms with Gasteiger partial charge in [-0.15, -0.1) is 0 Å². The van der Waals surface area contributed by atoms with E-state index in [-0.39, 0.29) is 6.61 Å². The highest BCUT2D eigenvalue weighted by atomic mass is 16.5. The molecule has 5 heteroatoms. The largest absolute Gasteiger partial charge is 0.495 e. The Morgan fingerprint density at radius 1 is 1.24 bits per heavy atom. The summed E-state index contributed by atoms with van der Waals surface area (Å²) in [4.78, 5) is 11.7. The quantitative estimate of drug-likeness (QED) is 0.878. The fraction of sp³-hybridized carbons (Fsp3) is 0.312. The molecule has 1 aromatic heterocycles. The van der Waals surface area contributed by atoms with Crippen LogP contribution in [0.5, 0.6) is 5.75 Å². The van der Waals surface area contributed by atoms with Crippen molar-refractivity contribution in [2.24, 2.45) is 0 Å². The number of hydrogen-bond donors (Lipinski definition) is 1.